The van der Waals surface area contributed by atoms with Gasteiger partial charge >= 0.3 is 0 Å². The summed E-state index contributed by atoms with van der Waals surface area (Å²) in [4.78, 5) is 0. The van der Waals surface area contributed by atoms with Crippen molar-refractivity contribution in [2.75, 3.05) is 13.2 Å². The summed E-state index contributed by atoms with van der Waals surface area (Å²) in [5.74, 6) is 1.27. The van der Waals surface area contributed by atoms with Crippen LogP contribution in [0, 0.1) is 12.8 Å². The van der Waals surface area contributed by atoms with Crippen molar-refractivity contribution in [2.24, 2.45) is 11.7 Å². The number of rotatable bonds is 5. The molecule has 0 radical (unpaired) electrons. The van der Waals surface area contributed by atoms with Gasteiger partial charge in [0.05, 0.1) is 5.60 Å². The molecule has 20 heavy (non-hydrogen) atoms. The predicted octanol–water partition coefficient (Wildman–Crippen LogP) is 4.02. The molecule has 1 aliphatic rings. The van der Waals surface area contributed by atoms with E-state index in [0.717, 1.165) is 38.8 Å². The van der Waals surface area contributed by atoms with Gasteiger partial charge in [-0.1, -0.05) is 36.8 Å². The lowest BCUT2D eigenvalue weighted by Crippen LogP contribution is -2.38. The lowest BCUT2D eigenvalue weighted by molar-refractivity contribution is -0.0914. The molecule has 1 heterocycles. The van der Waals surface area contributed by atoms with Gasteiger partial charge in [0.1, 0.15) is 0 Å². The van der Waals surface area contributed by atoms with Crippen molar-refractivity contribution in [3.05, 3.63) is 35.4 Å². The fourth-order valence-electron chi connectivity index (χ4n) is 3.43. The van der Waals surface area contributed by atoms with E-state index in [1.807, 2.05) is 0 Å². The highest BCUT2D eigenvalue weighted by Gasteiger charge is 2.35. The minimum absolute atomic E-state index is 0.0560. The first-order valence-electron chi connectivity index (χ1n) is 7.98. The summed E-state index contributed by atoms with van der Waals surface area (Å²) in [6.45, 7) is 8.28. The van der Waals surface area contributed by atoms with E-state index in [-0.39, 0.29) is 5.60 Å². The number of benzene rings is 1. The number of nitrogens with two attached hydrogens (primary N) is 1. The molecule has 0 aromatic heterocycles. The van der Waals surface area contributed by atoms with Crippen molar-refractivity contribution in [3.63, 3.8) is 0 Å². The number of hydrogen-bond acceptors (Lipinski definition) is 2. The Bertz CT molecular complexity index is 414. The first kappa shape index (κ1) is 15.5. The summed E-state index contributed by atoms with van der Waals surface area (Å²) >= 11 is 0. The molecule has 1 aromatic rings. The molecular weight excluding hydrogens is 246 g/mol. The lowest BCUT2D eigenvalue weighted by Gasteiger charge is -2.41. The third kappa shape index (κ3) is 3.62. The fraction of sp³-hybridized carbons (Fsp3) is 0.667. The third-order valence-electron chi connectivity index (χ3n) is 4.93. The van der Waals surface area contributed by atoms with Crippen molar-refractivity contribution in [1.82, 2.24) is 0 Å². The normalized spacial score (nSPS) is 28.3. The zero-order valence-corrected chi connectivity index (χ0v) is 13.2. The highest BCUT2D eigenvalue weighted by Crippen LogP contribution is 2.41. The first-order valence-corrected chi connectivity index (χ1v) is 7.98. The second-order valence-corrected chi connectivity index (χ2v) is 6.50. The Morgan fingerprint density at radius 2 is 2.05 bits per heavy atom. The van der Waals surface area contributed by atoms with Crippen molar-refractivity contribution >= 4 is 0 Å². The van der Waals surface area contributed by atoms with E-state index < -0.39 is 0 Å². The molecule has 1 aliphatic heterocycles. The Morgan fingerprint density at radius 1 is 1.35 bits per heavy atom. The highest BCUT2D eigenvalue weighted by atomic mass is 16.5. The molecule has 0 aliphatic carbocycles. The van der Waals surface area contributed by atoms with Crippen LogP contribution in [-0.4, -0.2) is 18.8 Å². The molecule has 0 saturated carbocycles. The summed E-state index contributed by atoms with van der Waals surface area (Å²) in [6.07, 6.45) is 4.48. The maximum atomic E-state index is 6.00. The number of ether oxygens (including phenoxy) is 1. The summed E-state index contributed by atoms with van der Waals surface area (Å²) in [5, 5.41) is 0. The molecule has 3 atom stereocenters. The SMILES string of the molecule is CC[C@]1(C)C[C@@H]([C@@H](CCN)c2ccc(C)cc2)CCO1. The molecule has 0 amide bonds. The Morgan fingerprint density at radius 3 is 2.65 bits per heavy atom. The standard InChI is InChI=1S/C18H29NO/c1-4-18(3)13-16(10-12-20-18)17(9-11-19)15-7-5-14(2)6-8-15/h5-8,16-17H,4,9-13,19H2,1-3H3/t16-,17-,18+/m0/s1. The van der Waals surface area contributed by atoms with E-state index in [2.05, 4.69) is 45.0 Å². The van der Waals surface area contributed by atoms with Crippen molar-refractivity contribution in [1.29, 1.82) is 0 Å². The van der Waals surface area contributed by atoms with Crippen molar-refractivity contribution in [3.8, 4) is 0 Å². The van der Waals surface area contributed by atoms with Crippen LogP contribution in [0.25, 0.3) is 0 Å². The summed E-state index contributed by atoms with van der Waals surface area (Å²) in [5.41, 5.74) is 8.70. The van der Waals surface area contributed by atoms with Gasteiger partial charge in [-0.15, -0.1) is 0 Å². The Kier molecular flexibility index (Phi) is 5.22. The van der Waals surface area contributed by atoms with Crippen LogP contribution < -0.4 is 5.73 Å². The van der Waals surface area contributed by atoms with E-state index in [9.17, 15) is 0 Å². The smallest absolute Gasteiger partial charge is 0.0654 e. The third-order valence-corrected chi connectivity index (χ3v) is 4.93. The summed E-state index contributed by atoms with van der Waals surface area (Å²) in [6, 6.07) is 9.01. The van der Waals surface area contributed by atoms with Crippen LogP contribution in [0.2, 0.25) is 0 Å². The molecule has 0 bridgehead atoms. The van der Waals surface area contributed by atoms with Gasteiger partial charge in [-0.2, -0.15) is 0 Å². The van der Waals surface area contributed by atoms with Crippen LogP contribution in [0.3, 0.4) is 0 Å². The van der Waals surface area contributed by atoms with Crippen LogP contribution in [-0.2, 0) is 4.74 Å². The van der Waals surface area contributed by atoms with E-state index in [1.165, 1.54) is 11.1 Å². The number of hydrogen-bond donors (Lipinski definition) is 1. The van der Waals surface area contributed by atoms with E-state index in [0.29, 0.717) is 11.8 Å². The van der Waals surface area contributed by atoms with Crippen molar-refractivity contribution in [2.45, 2.75) is 58.0 Å². The van der Waals surface area contributed by atoms with Crippen LogP contribution in [0.1, 0.15) is 56.6 Å². The maximum absolute atomic E-state index is 6.00. The van der Waals surface area contributed by atoms with Gasteiger partial charge in [-0.25, -0.2) is 0 Å². The first-order chi connectivity index (χ1) is 9.58. The quantitative estimate of drug-likeness (QED) is 0.880. The Balaban J connectivity index is 2.17. The lowest BCUT2D eigenvalue weighted by atomic mass is 9.74. The topological polar surface area (TPSA) is 35.2 Å². The molecule has 0 spiro atoms. The van der Waals surface area contributed by atoms with Gasteiger partial charge in [0.2, 0.25) is 0 Å². The van der Waals surface area contributed by atoms with Crippen LogP contribution >= 0.6 is 0 Å². The van der Waals surface area contributed by atoms with Gasteiger partial charge in [-0.05, 0) is 63.5 Å². The molecule has 112 valence electrons. The van der Waals surface area contributed by atoms with Gasteiger partial charge in [0.25, 0.3) is 0 Å². The zero-order chi connectivity index (χ0) is 14.6. The molecule has 1 fully saturated rings. The molecule has 2 N–H and O–H groups in total. The molecular formula is C18H29NO. The molecule has 2 heteroatoms. The molecule has 2 nitrogen and oxygen atoms in total. The summed E-state index contributed by atoms with van der Waals surface area (Å²) < 4.78 is 6.00. The minimum atomic E-state index is 0.0560. The van der Waals surface area contributed by atoms with Crippen molar-refractivity contribution < 1.29 is 4.74 Å². The molecule has 2 rings (SSSR count). The molecule has 1 aromatic carbocycles. The van der Waals surface area contributed by atoms with Gasteiger partial charge in [-0.3, -0.25) is 0 Å². The molecule has 1 saturated heterocycles. The van der Waals surface area contributed by atoms with Gasteiger partial charge < -0.3 is 10.5 Å². The van der Waals surface area contributed by atoms with E-state index in [1.54, 1.807) is 0 Å². The second kappa shape index (κ2) is 6.73. The Labute approximate surface area is 123 Å². The van der Waals surface area contributed by atoms with Crippen LogP contribution in [0.5, 0.6) is 0 Å². The van der Waals surface area contributed by atoms with Gasteiger partial charge in [0, 0.05) is 6.61 Å². The summed E-state index contributed by atoms with van der Waals surface area (Å²) in [7, 11) is 0. The maximum Gasteiger partial charge on any atom is 0.0654 e. The van der Waals surface area contributed by atoms with Crippen LogP contribution in [0.15, 0.2) is 24.3 Å². The van der Waals surface area contributed by atoms with Crippen LogP contribution in [0.4, 0.5) is 0 Å². The Hall–Kier alpha value is -0.860. The average Bonchev–Trinajstić information content (AvgIpc) is 2.46. The average molecular weight is 275 g/mol. The fourth-order valence-corrected chi connectivity index (χ4v) is 3.43. The van der Waals surface area contributed by atoms with E-state index in [4.69, 9.17) is 10.5 Å². The van der Waals surface area contributed by atoms with E-state index >= 15 is 0 Å². The highest BCUT2D eigenvalue weighted by molar-refractivity contribution is 5.25. The second-order valence-electron chi connectivity index (χ2n) is 6.50. The number of aryl methyl sites for hydroxylation is 1. The monoisotopic (exact) mass is 275 g/mol. The predicted molar refractivity (Wildman–Crippen MR) is 85.0 cm³/mol. The molecule has 0 unspecified atom stereocenters. The zero-order valence-electron chi connectivity index (χ0n) is 13.2. The minimum Gasteiger partial charge on any atom is -0.375 e. The van der Waals surface area contributed by atoms with Gasteiger partial charge in [0.15, 0.2) is 0 Å². The largest absolute Gasteiger partial charge is 0.375 e.